The lowest BCUT2D eigenvalue weighted by atomic mass is 10.1. The van der Waals surface area contributed by atoms with E-state index < -0.39 is 5.91 Å². The van der Waals surface area contributed by atoms with Crippen LogP contribution < -0.4 is 14.8 Å². The van der Waals surface area contributed by atoms with Crippen LogP contribution in [0.25, 0.3) is 6.08 Å². The molecule has 9 heteroatoms. The molecule has 0 aliphatic carbocycles. The van der Waals surface area contributed by atoms with E-state index in [0.29, 0.717) is 27.8 Å². The molecule has 1 aliphatic heterocycles. The number of anilines is 1. The van der Waals surface area contributed by atoms with Gasteiger partial charge in [-0.3, -0.25) is 19.3 Å². The summed E-state index contributed by atoms with van der Waals surface area (Å²) >= 11 is 6.77. The van der Waals surface area contributed by atoms with Crippen LogP contribution in [0.1, 0.15) is 16.7 Å². The average molecular weight is 523 g/mol. The van der Waals surface area contributed by atoms with E-state index in [2.05, 4.69) is 5.32 Å². The first-order valence-electron chi connectivity index (χ1n) is 11.0. The van der Waals surface area contributed by atoms with Crippen molar-refractivity contribution < 1.29 is 23.9 Å². The fraction of sp³-hybridized carbons (Fsp3) is 0.148. The number of aryl methyl sites for hydroxylation is 1. The number of carbonyl (C=O) groups is 3. The fourth-order valence-corrected chi connectivity index (χ4v) is 4.44. The maximum Gasteiger partial charge on any atom is 0.293 e. The SMILES string of the molecule is COc1cccc(/C=C2/SC(=O)N(Cc3ccc(Cl)cc3)C2=O)c1OCC(=O)Nc1ccc(C)cc1. The van der Waals surface area contributed by atoms with Crippen LogP contribution in [0.3, 0.4) is 0 Å². The second-order valence-corrected chi connectivity index (χ2v) is 9.41. The number of rotatable bonds is 8. The Morgan fingerprint density at radius 3 is 2.47 bits per heavy atom. The Hall–Kier alpha value is -3.75. The number of nitrogens with zero attached hydrogens (tertiary/aromatic N) is 1. The minimum Gasteiger partial charge on any atom is -0.493 e. The molecule has 0 spiro atoms. The summed E-state index contributed by atoms with van der Waals surface area (Å²) in [6.07, 6.45) is 1.57. The summed E-state index contributed by atoms with van der Waals surface area (Å²) in [4.78, 5) is 39.4. The van der Waals surface area contributed by atoms with E-state index in [1.807, 2.05) is 31.2 Å². The van der Waals surface area contributed by atoms with Gasteiger partial charge in [-0.2, -0.15) is 0 Å². The molecular weight excluding hydrogens is 500 g/mol. The summed E-state index contributed by atoms with van der Waals surface area (Å²) in [5.41, 5.74) is 3.03. The van der Waals surface area contributed by atoms with E-state index in [0.717, 1.165) is 22.9 Å². The van der Waals surface area contributed by atoms with E-state index in [-0.39, 0.29) is 29.2 Å². The molecule has 0 bridgehead atoms. The number of hydrogen-bond acceptors (Lipinski definition) is 6. The summed E-state index contributed by atoms with van der Waals surface area (Å²) < 4.78 is 11.2. The molecule has 1 saturated heterocycles. The third kappa shape index (κ3) is 6.08. The number of benzene rings is 3. The molecule has 3 amide bonds. The highest BCUT2D eigenvalue weighted by molar-refractivity contribution is 8.18. The zero-order valence-corrected chi connectivity index (χ0v) is 21.2. The lowest BCUT2D eigenvalue weighted by molar-refractivity contribution is -0.123. The van der Waals surface area contributed by atoms with Crippen molar-refractivity contribution in [1.29, 1.82) is 0 Å². The number of amides is 3. The highest BCUT2D eigenvalue weighted by Crippen LogP contribution is 2.38. The van der Waals surface area contributed by atoms with Gasteiger partial charge in [-0.1, -0.05) is 53.6 Å². The third-order valence-corrected chi connectivity index (χ3v) is 6.49. The van der Waals surface area contributed by atoms with Crippen molar-refractivity contribution in [2.75, 3.05) is 19.0 Å². The Kier molecular flexibility index (Phi) is 7.97. The Morgan fingerprint density at radius 1 is 1.06 bits per heavy atom. The predicted molar refractivity (Wildman–Crippen MR) is 141 cm³/mol. The zero-order valence-electron chi connectivity index (χ0n) is 19.6. The van der Waals surface area contributed by atoms with Crippen molar-refractivity contribution >= 4 is 52.2 Å². The van der Waals surface area contributed by atoms with Crippen molar-refractivity contribution in [2.24, 2.45) is 0 Å². The number of carbonyl (C=O) groups excluding carboxylic acids is 3. The Bertz CT molecular complexity index is 1320. The van der Waals surface area contributed by atoms with Crippen LogP contribution in [-0.4, -0.2) is 35.7 Å². The van der Waals surface area contributed by atoms with Crippen molar-refractivity contribution in [3.8, 4) is 11.5 Å². The first kappa shape index (κ1) is 25.3. The molecule has 0 unspecified atom stereocenters. The van der Waals surface area contributed by atoms with Gasteiger partial charge in [-0.15, -0.1) is 0 Å². The molecule has 3 aromatic rings. The molecule has 1 aliphatic rings. The second-order valence-electron chi connectivity index (χ2n) is 7.98. The standard InChI is InChI=1S/C27H23ClN2O5S/c1-17-6-12-21(13-7-17)29-24(31)16-35-25-19(4-3-5-22(25)34-2)14-23-26(32)30(27(33)36-23)15-18-8-10-20(28)11-9-18/h3-14H,15-16H2,1-2H3,(H,29,31)/b23-14+. The van der Waals surface area contributed by atoms with Crippen LogP contribution >= 0.6 is 23.4 Å². The van der Waals surface area contributed by atoms with Gasteiger partial charge < -0.3 is 14.8 Å². The van der Waals surface area contributed by atoms with Crippen LogP contribution in [0.4, 0.5) is 10.5 Å². The molecule has 0 saturated carbocycles. The van der Waals surface area contributed by atoms with Crippen LogP contribution in [0.2, 0.25) is 5.02 Å². The molecule has 1 heterocycles. The number of methoxy groups -OCH3 is 1. The minimum absolute atomic E-state index is 0.139. The van der Waals surface area contributed by atoms with E-state index in [4.69, 9.17) is 21.1 Å². The van der Waals surface area contributed by atoms with E-state index in [9.17, 15) is 14.4 Å². The second kappa shape index (κ2) is 11.3. The molecule has 0 aromatic heterocycles. The summed E-state index contributed by atoms with van der Waals surface area (Å²) in [7, 11) is 1.48. The number of ether oxygens (including phenoxy) is 2. The van der Waals surface area contributed by atoms with Crippen molar-refractivity contribution in [2.45, 2.75) is 13.5 Å². The molecule has 36 heavy (non-hydrogen) atoms. The van der Waals surface area contributed by atoms with Gasteiger partial charge in [0.15, 0.2) is 18.1 Å². The van der Waals surface area contributed by atoms with Gasteiger partial charge in [0.25, 0.3) is 17.1 Å². The largest absolute Gasteiger partial charge is 0.493 e. The number of thioether (sulfide) groups is 1. The lowest BCUT2D eigenvalue weighted by Crippen LogP contribution is -2.27. The summed E-state index contributed by atoms with van der Waals surface area (Å²) in [5.74, 6) is -0.0688. The van der Waals surface area contributed by atoms with Crippen LogP contribution in [0.5, 0.6) is 11.5 Å². The number of nitrogens with one attached hydrogen (secondary N) is 1. The molecule has 7 nitrogen and oxygen atoms in total. The van der Waals surface area contributed by atoms with Gasteiger partial charge in [0.05, 0.1) is 18.6 Å². The van der Waals surface area contributed by atoms with Crippen molar-refractivity contribution in [3.63, 3.8) is 0 Å². The van der Waals surface area contributed by atoms with Gasteiger partial charge in [0.1, 0.15) is 0 Å². The first-order chi connectivity index (χ1) is 17.3. The van der Waals surface area contributed by atoms with E-state index in [1.54, 1.807) is 48.5 Å². The predicted octanol–water partition coefficient (Wildman–Crippen LogP) is 5.91. The molecular formula is C27H23ClN2O5S. The van der Waals surface area contributed by atoms with E-state index >= 15 is 0 Å². The molecule has 0 atom stereocenters. The summed E-state index contributed by atoms with van der Waals surface area (Å²) in [6.45, 7) is 1.83. The van der Waals surface area contributed by atoms with Crippen LogP contribution in [0, 0.1) is 6.92 Å². The van der Waals surface area contributed by atoms with Gasteiger partial charge in [0, 0.05) is 16.3 Å². The topological polar surface area (TPSA) is 84.9 Å². The summed E-state index contributed by atoms with van der Waals surface area (Å²) in [5, 5.41) is 2.98. The van der Waals surface area contributed by atoms with Gasteiger partial charge in [0.2, 0.25) is 0 Å². The molecule has 1 N–H and O–H groups in total. The van der Waals surface area contributed by atoms with Crippen molar-refractivity contribution in [1.82, 2.24) is 4.90 Å². The first-order valence-corrected chi connectivity index (χ1v) is 12.2. The molecule has 4 rings (SSSR count). The zero-order chi connectivity index (χ0) is 25.7. The number of para-hydroxylation sites is 1. The maximum atomic E-state index is 13.0. The quantitative estimate of drug-likeness (QED) is 0.370. The fourth-order valence-electron chi connectivity index (χ4n) is 3.48. The molecule has 0 radical (unpaired) electrons. The number of imide groups is 1. The highest BCUT2D eigenvalue weighted by Gasteiger charge is 2.35. The van der Waals surface area contributed by atoms with Gasteiger partial charge in [-0.05, 0) is 60.7 Å². The Balaban J connectivity index is 1.50. The van der Waals surface area contributed by atoms with E-state index in [1.165, 1.54) is 12.0 Å². The third-order valence-electron chi connectivity index (χ3n) is 5.33. The minimum atomic E-state index is -0.411. The van der Waals surface area contributed by atoms with Gasteiger partial charge >= 0.3 is 0 Å². The van der Waals surface area contributed by atoms with Crippen LogP contribution in [0.15, 0.2) is 71.6 Å². The normalized spacial score (nSPS) is 14.3. The summed E-state index contributed by atoms with van der Waals surface area (Å²) in [6, 6.07) is 19.5. The smallest absolute Gasteiger partial charge is 0.293 e. The molecule has 1 fully saturated rings. The number of halogens is 1. The average Bonchev–Trinajstić information content (AvgIpc) is 3.13. The van der Waals surface area contributed by atoms with Crippen molar-refractivity contribution in [3.05, 3.63) is 93.3 Å². The maximum absolute atomic E-state index is 13.0. The number of hydrogen-bond donors (Lipinski definition) is 1. The Labute approximate surface area is 218 Å². The molecule has 3 aromatic carbocycles. The highest BCUT2D eigenvalue weighted by atomic mass is 35.5. The monoisotopic (exact) mass is 522 g/mol. The lowest BCUT2D eigenvalue weighted by Gasteiger charge is -2.14. The molecule has 184 valence electrons. The van der Waals surface area contributed by atoms with Gasteiger partial charge in [-0.25, -0.2) is 0 Å². The Morgan fingerprint density at radius 2 is 1.78 bits per heavy atom. The van der Waals surface area contributed by atoms with Crippen LogP contribution in [-0.2, 0) is 16.1 Å².